The molecule has 5 rings (SSSR count). The van der Waals surface area contributed by atoms with Crippen LogP contribution >= 0.6 is 11.3 Å². The highest BCUT2D eigenvalue weighted by Gasteiger charge is 2.60. The Hall–Kier alpha value is -3.53. The van der Waals surface area contributed by atoms with Gasteiger partial charge in [-0.05, 0) is 31.5 Å². The molecular weight excluding hydrogens is 432 g/mol. The molecule has 1 saturated heterocycles. The van der Waals surface area contributed by atoms with Crippen LogP contribution in [0.15, 0.2) is 29.1 Å². The lowest BCUT2D eigenvalue weighted by Gasteiger charge is -2.46. The number of para-hydroxylation sites is 1. The van der Waals surface area contributed by atoms with Crippen molar-refractivity contribution in [3.05, 3.63) is 56.4 Å². The number of aryl methyl sites for hydroxylation is 2. The van der Waals surface area contributed by atoms with Crippen LogP contribution < -0.4 is 10.5 Å². The summed E-state index contributed by atoms with van der Waals surface area (Å²) >= 11 is 1.40. The van der Waals surface area contributed by atoms with Crippen LogP contribution in [0, 0.1) is 13.8 Å². The summed E-state index contributed by atoms with van der Waals surface area (Å²) in [5, 5.41) is 0.531. The Balaban J connectivity index is 1.49. The lowest BCUT2D eigenvalue weighted by atomic mass is 9.97. The lowest BCUT2D eigenvalue weighted by Crippen LogP contribution is -2.67. The van der Waals surface area contributed by atoms with Crippen LogP contribution in [0.2, 0.25) is 0 Å². The van der Waals surface area contributed by atoms with Crippen LogP contribution in [0.25, 0.3) is 10.2 Å². The fourth-order valence-corrected chi connectivity index (χ4v) is 5.56. The van der Waals surface area contributed by atoms with Gasteiger partial charge in [0, 0.05) is 24.8 Å². The highest BCUT2D eigenvalue weighted by atomic mass is 32.1. The zero-order chi connectivity index (χ0) is 22.8. The van der Waals surface area contributed by atoms with E-state index in [2.05, 4.69) is 9.97 Å². The van der Waals surface area contributed by atoms with E-state index in [1.54, 1.807) is 24.3 Å². The van der Waals surface area contributed by atoms with E-state index in [-0.39, 0.29) is 42.6 Å². The fourth-order valence-electron chi connectivity index (χ4n) is 4.51. The predicted octanol–water partition coefficient (Wildman–Crippen LogP) is 2.25. The maximum Gasteiger partial charge on any atom is 0.354 e. The first kappa shape index (κ1) is 20.4. The largest absolute Gasteiger partial charge is 0.454 e. The number of aromatic nitrogens is 2. The summed E-state index contributed by atoms with van der Waals surface area (Å²) in [5.41, 5.74) is -0.232. The van der Waals surface area contributed by atoms with Gasteiger partial charge in [0.1, 0.15) is 17.3 Å². The number of aromatic amines is 1. The molecule has 4 heterocycles. The van der Waals surface area contributed by atoms with E-state index in [9.17, 15) is 19.2 Å². The minimum absolute atomic E-state index is 0.107. The van der Waals surface area contributed by atoms with Gasteiger partial charge in [-0.25, -0.2) is 9.78 Å². The van der Waals surface area contributed by atoms with Crippen LogP contribution in [0.5, 0.6) is 0 Å². The van der Waals surface area contributed by atoms with Gasteiger partial charge in [0.25, 0.3) is 11.5 Å². The Morgan fingerprint density at radius 1 is 1.25 bits per heavy atom. The molecule has 9 nitrogen and oxygen atoms in total. The van der Waals surface area contributed by atoms with E-state index in [4.69, 9.17) is 4.74 Å². The number of hydrogen-bond acceptors (Lipinski definition) is 7. The van der Waals surface area contributed by atoms with Gasteiger partial charge in [0.05, 0.1) is 16.6 Å². The highest BCUT2D eigenvalue weighted by molar-refractivity contribution is 7.18. The minimum atomic E-state index is -1.57. The van der Waals surface area contributed by atoms with Gasteiger partial charge in [-0.3, -0.25) is 19.3 Å². The van der Waals surface area contributed by atoms with Crippen molar-refractivity contribution in [1.29, 1.82) is 0 Å². The quantitative estimate of drug-likeness (QED) is 0.610. The number of hydrogen-bond donors (Lipinski definition) is 1. The number of carbonyl (C=O) groups excluding carboxylic acids is 3. The number of esters is 1. The molecule has 3 aromatic rings. The molecule has 2 aliphatic heterocycles. The number of benzene rings is 1. The highest BCUT2D eigenvalue weighted by Crippen LogP contribution is 2.44. The number of rotatable bonds is 3. The normalized spacial score (nSPS) is 20.0. The zero-order valence-corrected chi connectivity index (χ0v) is 18.5. The summed E-state index contributed by atoms with van der Waals surface area (Å²) < 4.78 is 5.54. The SMILES string of the molecule is Cc1sc2nc(COC(=O)[C@@]34CCC(=O)N3c3ccccc3C(=O)N4C)[nH]c(=O)c2c1C. The molecule has 1 N–H and O–H groups in total. The molecule has 10 heteroatoms. The average Bonchev–Trinajstić information content (AvgIpc) is 3.27. The van der Waals surface area contributed by atoms with Crippen molar-refractivity contribution in [2.45, 2.75) is 39.0 Å². The molecule has 1 fully saturated rings. The molecule has 1 aromatic carbocycles. The molecule has 0 unspecified atom stereocenters. The Bertz CT molecular complexity index is 1380. The third-order valence-corrected chi connectivity index (χ3v) is 7.40. The first-order chi connectivity index (χ1) is 15.3. The van der Waals surface area contributed by atoms with E-state index >= 15 is 0 Å². The number of thiophene rings is 1. The van der Waals surface area contributed by atoms with Gasteiger partial charge in [-0.15, -0.1) is 11.3 Å². The predicted molar refractivity (Wildman–Crippen MR) is 117 cm³/mol. The second-order valence-corrected chi connectivity index (χ2v) is 9.18. The van der Waals surface area contributed by atoms with Gasteiger partial charge in [-0.1, -0.05) is 12.1 Å². The van der Waals surface area contributed by atoms with Crippen molar-refractivity contribution in [2.75, 3.05) is 11.9 Å². The Labute approximate surface area is 186 Å². The van der Waals surface area contributed by atoms with Crippen molar-refractivity contribution in [3.63, 3.8) is 0 Å². The molecule has 0 radical (unpaired) electrons. The summed E-state index contributed by atoms with van der Waals surface area (Å²) in [5.74, 6) is -1.16. The Morgan fingerprint density at radius 3 is 2.78 bits per heavy atom. The third-order valence-electron chi connectivity index (χ3n) is 6.30. The van der Waals surface area contributed by atoms with Crippen LogP contribution in [0.4, 0.5) is 5.69 Å². The van der Waals surface area contributed by atoms with E-state index in [0.717, 1.165) is 10.4 Å². The number of ether oxygens (including phenoxy) is 1. The minimum Gasteiger partial charge on any atom is -0.454 e. The first-order valence-electron chi connectivity index (χ1n) is 10.1. The van der Waals surface area contributed by atoms with Crippen molar-refractivity contribution in [2.24, 2.45) is 0 Å². The van der Waals surface area contributed by atoms with Crippen molar-refractivity contribution in [3.8, 4) is 0 Å². The molecule has 32 heavy (non-hydrogen) atoms. The number of nitrogens with zero attached hydrogens (tertiary/aromatic N) is 3. The van der Waals surface area contributed by atoms with Crippen molar-refractivity contribution >= 4 is 45.0 Å². The summed E-state index contributed by atoms with van der Waals surface area (Å²) in [6.45, 7) is 3.50. The summed E-state index contributed by atoms with van der Waals surface area (Å²) in [6, 6.07) is 6.71. The molecule has 164 valence electrons. The average molecular weight is 452 g/mol. The Kier molecular flexibility index (Phi) is 4.45. The molecule has 0 bridgehead atoms. The molecular formula is C22H20N4O5S. The van der Waals surface area contributed by atoms with E-state index in [0.29, 0.717) is 21.5 Å². The van der Waals surface area contributed by atoms with Gasteiger partial charge >= 0.3 is 5.97 Å². The van der Waals surface area contributed by atoms with Gasteiger partial charge in [0.15, 0.2) is 0 Å². The lowest BCUT2D eigenvalue weighted by molar-refractivity contribution is -0.158. The second-order valence-electron chi connectivity index (χ2n) is 7.98. The summed E-state index contributed by atoms with van der Waals surface area (Å²) in [4.78, 5) is 62.9. The van der Waals surface area contributed by atoms with Crippen LogP contribution in [-0.4, -0.2) is 45.4 Å². The van der Waals surface area contributed by atoms with Gasteiger partial charge in [-0.2, -0.15) is 0 Å². The second kappa shape index (κ2) is 6.99. The number of H-pyrrole nitrogens is 1. The molecule has 0 aliphatic carbocycles. The van der Waals surface area contributed by atoms with Crippen molar-refractivity contribution in [1.82, 2.24) is 14.9 Å². The molecule has 0 saturated carbocycles. The van der Waals surface area contributed by atoms with E-state index in [1.165, 1.54) is 28.2 Å². The number of likely N-dealkylation sites (N-methyl/N-ethyl adjacent to an activating group) is 1. The van der Waals surface area contributed by atoms with Gasteiger partial charge < -0.3 is 14.6 Å². The van der Waals surface area contributed by atoms with Crippen LogP contribution in [0.3, 0.4) is 0 Å². The van der Waals surface area contributed by atoms with E-state index in [1.807, 2.05) is 13.8 Å². The molecule has 2 aromatic heterocycles. The number of nitrogens with one attached hydrogen (secondary N) is 1. The topological polar surface area (TPSA) is 113 Å². The Morgan fingerprint density at radius 2 is 2.00 bits per heavy atom. The third kappa shape index (κ3) is 2.65. The smallest absolute Gasteiger partial charge is 0.354 e. The first-order valence-corrected chi connectivity index (χ1v) is 10.9. The monoisotopic (exact) mass is 452 g/mol. The molecule has 1 atom stereocenters. The fraction of sp³-hybridized carbons (Fsp3) is 0.318. The number of fused-ring (bicyclic) bond motifs is 4. The summed E-state index contributed by atoms with van der Waals surface area (Å²) in [7, 11) is 1.49. The molecule has 2 aliphatic rings. The zero-order valence-electron chi connectivity index (χ0n) is 17.7. The number of amides is 2. The van der Waals surface area contributed by atoms with Crippen LogP contribution in [-0.2, 0) is 20.9 Å². The van der Waals surface area contributed by atoms with Crippen molar-refractivity contribution < 1.29 is 19.1 Å². The maximum absolute atomic E-state index is 13.4. The van der Waals surface area contributed by atoms with Crippen LogP contribution in [0.1, 0.15) is 39.5 Å². The van der Waals surface area contributed by atoms with E-state index < -0.39 is 11.6 Å². The standard InChI is InChI=1S/C22H20N4O5S/c1-11-12(2)32-19-17(11)18(28)23-15(24-19)10-31-21(30)22-9-8-16(27)26(22)14-7-5-4-6-13(14)20(29)25(22)3/h4-7H,8-10H2,1-3H3,(H,23,24,28)/t22-/m1/s1. The summed E-state index contributed by atoms with van der Waals surface area (Å²) in [6.07, 6.45) is 0.226. The molecule has 2 amide bonds. The number of carbonyl (C=O) groups is 3. The van der Waals surface area contributed by atoms with Gasteiger partial charge in [0.2, 0.25) is 11.6 Å². The molecule has 0 spiro atoms. The maximum atomic E-state index is 13.4. The number of anilines is 1.